The Kier molecular flexibility index (Phi) is 5.20. The quantitative estimate of drug-likeness (QED) is 0.837. The third kappa shape index (κ3) is 4.27. The van der Waals surface area contributed by atoms with Crippen LogP contribution in [0.25, 0.3) is 0 Å². The topological polar surface area (TPSA) is 40.5 Å². The Hall–Kier alpha value is -0.570. The van der Waals surface area contributed by atoms with Gasteiger partial charge in [0.25, 0.3) is 0 Å². The van der Waals surface area contributed by atoms with Crippen molar-refractivity contribution in [3.8, 4) is 0 Å². The van der Waals surface area contributed by atoms with Crippen molar-refractivity contribution in [2.75, 3.05) is 6.54 Å². The average molecular weight is 255 g/mol. The molecule has 1 rings (SSSR count). The fourth-order valence-corrected chi connectivity index (χ4v) is 3.15. The van der Waals surface area contributed by atoms with Gasteiger partial charge in [0, 0.05) is 18.1 Å². The number of aliphatic carboxylic acids is 1. The zero-order chi connectivity index (χ0) is 13.9. The molecule has 0 heterocycles. The molecule has 0 aromatic heterocycles. The van der Waals surface area contributed by atoms with Crippen LogP contribution in [0.3, 0.4) is 0 Å². The lowest BCUT2D eigenvalue weighted by Crippen LogP contribution is -2.53. The first kappa shape index (κ1) is 15.5. The second-order valence-corrected chi connectivity index (χ2v) is 6.97. The Bertz CT molecular complexity index is 283. The summed E-state index contributed by atoms with van der Waals surface area (Å²) >= 11 is 0. The van der Waals surface area contributed by atoms with E-state index in [9.17, 15) is 4.79 Å². The fourth-order valence-electron chi connectivity index (χ4n) is 3.15. The summed E-state index contributed by atoms with van der Waals surface area (Å²) in [4.78, 5) is 13.3. The highest BCUT2D eigenvalue weighted by molar-refractivity contribution is 5.66. The van der Waals surface area contributed by atoms with Gasteiger partial charge in [-0.25, -0.2) is 0 Å². The van der Waals surface area contributed by atoms with Gasteiger partial charge in [-0.1, -0.05) is 20.3 Å². The van der Waals surface area contributed by atoms with Crippen LogP contribution in [0, 0.1) is 11.8 Å². The van der Waals surface area contributed by atoms with E-state index in [1.54, 1.807) is 0 Å². The lowest BCUT2D eigenvalue weighted by atomic mass is 9.78. The maximum Gasteiger partial charge on any atom is 0.304 e. The Morgan fingerprint density at radius 2 is 1.89 bits per heavy atom. The molecule has 1 aliphatic carbocycles. The molecular formula is C15H29NO2. The predicted octanol–water partition coefficient (Wildman–Crippen LogP) is 3.39. The minimum Gasteiger partial charge on any atom is -0.481 e. The summed E-state index contributed by atoms with van der Waals surface area (Å²) < 4.78 is 0. The van der Waals surface area contributed by atoms with Gasteiger partial charge < -0.3 is 5.11 Å². The minimum atomic E-state index is -0.694. The van der Waals surface area contributed by atoms with Crippen molar-refractivity contribution in [3.05, 3.63) is 0 Å². The summed E-state index contributed by atoms with van der Waals surface area (Å²) in [6.45, 7) is 11.9. The van der Waals surface area contributed by atoms with Gasteiger partial charge in [0.2, 0.25) is 0 Å². The van der Waals surface area contributed by atoms with Crippen LogP contribution < -0.4 is 0 Å². The number of carboxylic acid groups (broad SMARTS) is 1. The van der Waals surface area contributed by atoms with Crippen molar-refractivity contribution < 1.29 is 9.90 Å². The molecular weight excluding hydrogens is 226 g/mol. The Balaban J connectivity index is 2.77. The molecule has 0 radical (unpaired) electrons. The van der Waals surface area contributed by atoms with Gasteiger partial charge in [0.1, 0.15) is 0 Å². The molecule has 1 fully saturated rings. The number of carboxylic acids is 1. The summed E-state index contributed by atoms with van der Waals surface area (Å²) in [5, 5.41) is 8.92. The van der Waals surface area contributed by atoms with Crippen LogP contribution in [0.4, 0.5) is 0 Å². The lowest BCUT2D eigenvalue weighted by Gasteiger charge is -2.47. The smallest absolute Gasteiger partial charge is 0.304 e. The molecule has 0 saturated heterocycles. The zero-order valence-electron chi connectivity index (χ0n) is 12.6. The van der Waals surface area contributed by atoms with Crippen LogP contribution in [0.15, 0.2) is 0 Å². The van der Waals surface area contributed by atoms with Gasteiger partial charge in [-0.15, -0.1) is 0 Å². The summed E-state index contributed by atoms with van der Waals surface area (Å²) in [5.74, 6) is 0.746. The Labute approximate surface area is 112 Å². The van der Waals surface area contributed by atoms with Crippen LogP contribution in [0.5, 0.6) is 0 Å². The van der Waals surface area contributed by atoms with Crippen molar-refractivity contribution in [2.45, 2.75) is 71.9 Å². The molecule has 3 nitrogen and oxygen atoms in total. The van der Waals surface area contributed by atoms with E-state index in [1.165, 1.54) is 19.3 Å². The lowest BCUT2D eigenvalue weighted by molar-refractivity contribution is -0.138. The van der Waals surface area contributed by atoms with Gasteiger partial charge in [-0.3, -0.25) is 9.69 Å². The molecule has 3 unspecified atom stereocenters. The van der Waals surface area contributed by atoms with E-state index in [0.29, 0.717) is 18.5 Å². The summed E-state index contributed by atoms with van der Waals surface area (Å²) in [6, 6.07) is 0.535. The van der Waals surface area contributed by atoms with Crippen molar-refractivity contribution >= 4 is 5.97 Å². The average Bonchev–Trinajstić information content (AvgIpc) is 2.21. The van der Waals surface area contributed by atoms with Crippen LogP contribution in [0.2, 0.25) is 0 Å². The Morgan fingerprint density at radius 3 is 2.39 bits per heavy atom. The van der Waals surface area contributed by atoms with Crippen LogP contribution in [-0.2, 0) is 4.79 Å². The molecule has 0 amide bonds. The van der Waals surface area contributed by atoms with E-state index in [-0.39, 0.29) is 12.0 Å². The molecule has 1 saturated carbocycles. The first-order chi connectivity index (χ1) is 8.21. The maximum absolute atomic E-state index is 10.8. The van der Waals surface area contributed by atoms with Gasteiger partial charge in [0.15, 0.2) is 0 Å². The largest absolute Gasteiger partial charge is 0.481 e. The first-order valence-electron chi connectivity index (χ1n) is 7.20. The van der Waals surface area contributed by atoms with Gasteiger partial charge in [-0.2, -0.15) is 0 Å². The summed E-state index contributed by atoms with van der Waals surface area (Å²) in [7, 11) is 0. The van der Waals surface area contributed by atoms with Crippen molar-refractivity contribution in [3.63, 3.8) is 0 Å². The number of carbonyl (C=O) groups is 1. The maximum atomic E-state index is 10.8. The van der Waals surface area contributed by atoms with Crippen molar-refractivity contribution in [2.24, 2.45) is 11.8 Å². The van der Waals surface area contributed by atoms with Crippen molar-refractivity contribution in [1.82, 2.24) is 4.90 Å². The molecule has 0 bridgehead atoms. The summed E-state index contributed by atoms with van der Waals surface area (Å²) in [6.07, 6.45) is 4.03. The monoisotopic (exact) mass is 255 g/mol. The molecule has 3 heteroatoms. The number of nitrogens with zero attached hydrogens (tertiary/aromatic N) is 1. The standard InChI is InChI=1S/C15H29NO2/c1-11-6-7-12(2)13(10-11)16(15(3,4)5)9-8-14(17)18/h11-13H,6-10H2,1-5H3,(H,17,18). The molecule has 3 atom stereocenters. The SMILES string of the molecule is CC1CCC(C)C(N(CCC(=O)O)C(C)(C)C)C1. The molecule has 0 aliphatic heterocycles. The van der Waals surface area contributed by atoms with Gasteiger partial charge >= 0.3 is 5.97 Å². The summed E-state index contributed by atoms with van der Waals surface area (Å²) in [5.41, 5.74) is 0.0471. The number of hydrogen-bond acceptors (Lipinski definition) is 2. The molecule has 18 heavy (non-hydrogen) atoms. The minimum absolute atomic E-state index is 0.0471. The Morgan fingerprint density at radius 1 is 1.28 bits per heavy atom. The van der Waals surface area contributed by atoms with Crippen LogP contribution >= 0.6 is 0 Å². The normalized spacial score (nSPS) is 29.6. The van der Waals surface area contributed by atoms with E-state index in [0.717, 1.165) is 5.92 Å². The molecule has 106 valence electrons. The third-order valence-electron chi connectivity index (χ3n) is 4.24. The highest BCUT2D eigenvalue weighted by Crippen LogP contribution is 2.35. The van der Waals surface area contributed by atoms with E-state index >= 15 is 0 Å². The molecule has 0 aromatic carbocycles. The highest BCUT2D eigenvalue weighted by Gasteiger charge is 2.35. The van der Waals surface area contributed by atoms with Crippen LogP contribution in [-0.4, -0.2) is 34.1 Å². The zero-order valence-corrected chi connectivity index (χ0v) is 12.6. The van der Waals surface area contributed by atoms with Crippen molar-refractivity contribution in [1.29, 1.82) is 0 Å². The molecule has 1 N–H and O–H groups in total. The molecule has 0 spiro atoms. The fraction of sp³-hybridized carbons (Fsp3) is 0.933. The van der Waals surface area contributed by atoms with E-state index in [1.807, 2.05) is 0 Å². The molecule has 0 aromatic rings. The van der Waals surface area contributed by atoms with E-state index < -0.39 is 5.97 Å². The van der Waals surface area contributed by atoms with E-state index in [2.05, 4.69) is 39.5 Å². The second kappa shape index (κ2) is 6.05. The van der Waals surface area contributed by atoms with E-state index in [4.69, 9.17) is 5.11 Å². The highest BCUT2D eigenvalue weighted by atomic mass is 16.4. The first-order valence-corrected chi connectivity index (χ1v) is 7.20. The predicted molar refractivity (Wildman–Crippen MR) is 74.7 cm³/mol. The van der Waals surface area contributed by atoms with Gasteiger partial charge in [-0.05, 0) is 45.4 Å². The van der Waals surface area contributed by atoms with Gasteiger partial charge in [0.05, 0.1) is 6.42 Å². The van der Waals surface area contributed by atoms with Crippen LogP contribution in [0.1, 0.15) is 60.3 Å². The second-order valence-electron chi connectivity index (χ2n) is 6.97. The number of hydrogen-bond donors (Lipinski definition) is 1. The third-order valence-corrected chi connectivity index (χ3v) is 4.24. The molecule has 1 aliphatic rings. The number of rotatable bonds is 4.